The number of hydrogen-bond donors (Lipinski definition) is 1. The van der Waals surface area contributed by atoms with Gasteiger partial charge in [-0.15, -0.1) is 0 Å². The molecular weight excluding hydrogens is 234 g/mol. The van der Waals surface area contributed by atoms with E-state index in [4.69, 9.17) is 5.73 Å². The zero-order valence-electron chi connectivity index (χ0n) is 11.6. The molecule has 3 nitrogen and oxygen atoms in total. The monoisotopic (exact) mass is 255 g/mol. The Hall–Kier alpha value is -1.87. The smallest absolute Gasteiger partial charge is 0.128 e. The number of anilines is 1. The number of hydrogen-bond acceptors (Lipinski definition) is 3. The highest BCUT2D eigenvalue weighted by atomic mass is 15.2. The summed E-state index contributed by atoms with van der Waals surface area (Å²) in [6, 6.07) is 14.1. The molecule has 0 aliphatic rings. The molecule has 0 spiro atoms. The average Bonchev–Trinajstić information content (AvgIpc) is 2.49. The molecule has 1 heterocycles. The molecule has 1 aromatic heterocycles. The van der Waals surface area contributed by atoms with Crippen LogP contribution in [0.2, 0.25) is 0 Å². The molecule has 0 amide bonds. The van der Waals surface area contributed by atoms with Gasteiger partial charge in [0, 0.05) is 19.3 Å². The van der Waals surface area contributed by atoms with Gasteiger partial charge in [-0.1, -0.05) is 36.4 Å². The molecule has 19 heavy (non-hydrogen) atoms. The lowest BCUT2D eigenvalue weighted by Gasteiger charge is -2.20. The third-order valence-electron chi connectivity index (χ3n) is 3.38. The first-order valence-electron chi connectivity index (χ1n) is 6.77. The van der Waals surface area contributed by atoms with E-state index >= 15 is 0 Å². The molecule has 0 unspecified atom stereocenters. The highest BCUT2D eigenvalue weighted by Gasteiger charge is 2.10. The Morgan fingerprint density at radius 2 is 1.68 bits per heavy atom. The molecule has 0 fully saturated rings. The summed E-state index contributed by atoms with van der Waals surface area (Å²) in [6.07, 6.45) is 1.88. The zero-order valence-corrected chi connectivity index (χ0v) is 11.6. The maximum atomic E-state index is 6.25. The van der Waals surface area contributed by atoms with E-state index < -0.39 is 0 Å². The molecule has 2 rings (SSSR count). The molecule has 0 aliphatic carbocycles. The van der Waals surface area contributed by atoms with Crippen molar-refractivity contribution < 1.29 is 0 Å². The minimum Gasteiger partial charge on any atom is -0.357 e. The standard InChI is InChI=1S/C16H21N3/c1-3-19(4-2)15-11-10-14(12-18-15)16(17)13-8-6-5-7-9-13/h5-12,16H,3-4,17H2,1-2H3/t16-/m1/s1. The van der Waals surface area contributed by atoms with Gasteiger partial charge in [0.05, 0.1) is 6.04 Å². The maximum absolute atomic E-state index is 6.25. The number of pyridine rings is 1. The molecule has 3 heteroatoms. The molecule has 1 aromatic carbocycles. The highest BCUT2D eigenvalue weighted by Crippen LogP contribution is 2.20. The van der Waals surface area contributed by atoms with Gasteiger partial charge in [-0.2, -0.15) is 0 Å². The lowest BCUT2D eigenvalue weighted by atomic mass is 10.0. The van der Waals surface area contributed by atoms with Crippen LogP contribution >= 0.6 is 0 Å². The second-order valence-electron chi connectivity index (χ2n) is 4.51. The average molecular weight is 255 g/mol. The SMILES string of the molecule is CCN(CC)c1ccc([C@H](N)c2ccccc2)cn1. The van der Waals surface area contributed by atoms with Crippen molar-refractivity contribution in [2.24, 2.45) is 5.73 Å². The first kappa shape index (κ1) is 13.6. The van der Waals surface area contributed by atoms with E-state index in [1.165, 1.54) is 0 Å². The Balaban J connectivity index is 2.19. The van der Waals surface area contributed by atoms with Crippen molar-refractivity contribution in [3.05, 3.63) is 59.8 Å². The van der Waals surface area contributed by atoms with Gasteiger partial charge in [0.25, 0.3) is 0 Å². The molecule has 2 N–H and O–H groups in total. The predicted octanol–water partition coefficient (Wildman–Crippen LogP) is 2.98. The lowest BCUT2D eigenvalue weighted by molar-refractivity contribution is 0.830. The Labute approximate surface area is 115 Å². The van der Waals surface area contributed by atoms with Crippen molar-refractivity contribution in [3.63, 3.8) is 0 Å². The van der Waals surface area contributed by atoms with E-state index in [1.54, 1.807) is 0 Å². The van der Waals surface area contributed by atoms with Crippen molar-refractivity contribution in [1.82, 2.24) is 4.98 Å². The highest BCUT2D eigenvalue weighted by molar-refractivity contribution is 5.41. The van der Waals surface area contributed by atoms with E-state index in [2.05, 4.69) is 29.8 Å². The summed E-state index contributed by atoms with van der Waals surface area (Å²) in [5.74, 6) is 1.01. The fourth-order valence-corrected chi connectivity index (χ4v) is 2.17. The number of rotatable bonds is 5. The van der Waals surface area contributed by atoms with Crippen LogP contribution in [0.1, 0.15) is 31.0 Å². The normalized spacial score (nSPS) is 12.2. The summed E-state index contributed by atoms with van der Waals surface area (Å²) in [5, 5.41) is 0. The van der Waals surface area contributed by atoms with Crippen LogP contribution in [0.25, 0.3) is 0 Å². The van der Waals surface area contributed by atoms with Gasteiger partial charge >= 0.3 is 0 Å². The third-order valence-corrected chi connectivity index (χ3v) is 3.38. The third kappa shape index (κ3) is 3.12. The molecule has 100 valence electrons. The van der Waals surface area contributed by atoms with Crippen LogP contribution in [-0.2, 0) is 0 Å². The minimum atomic E-state index is -0.112. The lowest BCUT2D eigenvalue weighted by Crippen LogP contribution is -2.23. The molecule has 0 saturated heterocycles. The summed E-state index contributed by atoms with van der Waals surface area (Å²) in [5.41, 5.74) is 8.41. The van der Waals surface area contributed by atoms with Crippen molar-refractivity contribution in [1.29, 1.82) is 0 Å². The van der Waals surface area contributed by atoms with Gasteiger partial charge in [0.1, 0.15) is 5.82 Å². The number of benzene rings is 1. The summed E-state index contributed by atoms with van der Waals surface area (Å²) < 4.78 is 0. The summed E-state index contributed by atoms with van der Waals surface area (Å²) >= 11 is 0. The number of aromatic nitrogens is 1. The molecular formula is C16H21N3. The minimum absolute atomic E-state index is 0.112. The Morgan fingerprint density at radius 1 is 1.00 bits per heavy atom. The first-order chi connectivity index (χ1) is 9.26. The Bertz CT molecular complexity index is 489. The largest absolute Gasteiger partial charge is 0.357 e. The molecule has 0 saturated carbocycles. The number of nitrogens with zero attached hydrogens (tertiary/aromatic N) is 2. The van der Waals surface area contributed by atoms with Gasteiger partial charge in [0.2, 0.25) is 0 Å². The molecule has 2 aromatic rings. The second-order valence-corrected chi connectivity index (χ2v) is 4.51. The van der Waals surface area contributed by atoms with E-state index in [0.29, 0.717) is 0 Å². The van der Waals surface area contributed by atoms with E-state index in [-0.39, 0.29) is 6.04 Å². The molecule has 0 bridgehead atoms. The van der Waals surface area contributed by atoms with Gasteiger partial charge in [-0.3, -0.25) is 0 Å². The molecule has 0 radical (unpaired) electrons. The second kappa shape index (κ2) is 6.34. The summed E-state index contributed by atoms with van der Waals surface area (Å²) in [4.78, 5) is 6.73. The van der Waals surface area contributed by atoms with Crippen LogP contribution in [0.5, 0.6) is 0 Å². The van der Waals surface area contributed by atoms with Crippen molar-refractivity contribution in [2.75, 3.05) is 18.0 Å². The van der Waals surface area contributed by atoms with Crippen LogP contribution in [0.4, 0.5) is 5.82 Å². The van der Waals surface area contributed by atoms with Crippen molar-refractivity contribution >= 4 is 5.82 Å². The van der Waals surface area contributed by atoms with Gasteiger partial charge in [-0.05, 0) is 31.0 Å². The van der Waals surface area contributed by atoms with Crippen molar-refractivity contribution in [2.45, 2.75) is 19.9 Å². The van der Waals surface area contributed by atoms with Crippen LogP contribution in [0.3, 0.4) is 0 Å². The van der Waals surface area contributed by atoms with E-state index in [9.17, 15) is 0 Å². The Kier molecular flexibility index (Phi) is 4.53. The van der Waals surface area contributed by atoms with E-state index in [0.717, 1.165) is 30.0 Å². The van der Waals surface area contributed by atoms with Crippen LogP contribution in [0, 0.1) is 0 Å². The topological polar surface area (TPSA) is 42.1 Å². The van der Waals surface area contributed by atoms with Crippen molar-refractivity contribution in [3.8, 4) is 0 Å². The van der Waals surface area contributed by atoms with Crippen LogP contribution < -0.4 is 10.6 Å². The van der Waals surface area contributed by atoms with Gasteiger partial charge in [-0.25, -0.2) is 4.98 Å². The fourth-order valence-electron chi connectivity index (χ4n) is 2.17. The summed E-state index contributed by atoms with van der Waals surface area (Å²) in [7, 11) is 0. The van der Waals surface area contributed by atoms with E-state index in [1.807, 2.05) is 42.6 Å². The fraction of sp³-hybridized carbons (Fsp3) is 0.312. The van der Waals surface area contributed by atoms with Crippen LogP contribution in [-0.4, -0.2) is 18.1 Å². The molecule has 1 atom stereocenters. The zero-order chi connectivity index (χ0) is 13.7. The Morgan fingerprint density at radius 3 is 2.21 bits per heavy atom. The van der Waals surface area contributed by atoms with Gasteiger partial charge < -0.3 is 10.6 Å². The number of nitrogens with two attached hydrogens (primary N) is 1. The van der Waals surface area contributed by atoms with Gasteiger partial charge in [0.15, 0.2) is 0 Å². The predicted molar refractivity (Wildman–Crippen MR) is 80.3 cm³/mol. The summed E-state index contributed by atoms with van der Waals surface area (Å²) in [6.45, 7) is 6.20. The molecule has 0 aliphatic heterocycles. The maximum Gasteiger partial charge on any atom is 0.128 e. The quantitative estimate of drug-likeness (QED) is 0.893. The van der Waals surface area contributed by atoms with Crippen LogP contribution in [0.15, 0.2) is 48.7 Å². The first-order valence-corrected chi connectivity index (χ1v) is 6.77.